The first-order chi connectivity index (χ1) is 19.3. The van der Waals surface area contributed by atoms with Crippen molar-refractivity contribution in [2.45, 2.75) is 50.9 Å². The van der Waals surface area contributed by atoms with E-state index in [0.29, 0.717) is 37.8 Å². The van der Waals surface area contributed by atoms with E-state index in [4.69, 9.17) is 9.47 Å². The Morgan fingerprint density at radius 2 is 1.65 bits per heavy atom. The summed E-state index contributed by atoms with van der Waals surface area (Å²) in [5.74, 6) is 0.572. The van der Waals surface area contributed by atoms with Crippen LogP contribution in [0, 0.1) is 6.92 Å². The van der Waals surface area contributed by atoms with E-state index in [0.717, 1.165) is 45.3 Å². The van der Waals surface area contributed by atoms with Crippen molar-refractivity contribution in [1.82, 2.24) is 5.32 Å². The molecule has 0 radical (unpaired) electrons. The first-order valence-corrected chi connectivity index (χ1v) is 14.0. The molecule has 1 saturated heterocycles. The third-order valence-electron chi connectivity index (χ3n) is 6.80. The molecule has 8 nitrogen and oxygen atoms in total. The molecule has 1 aliphatic heterocycles. The van der Waals surface area contributed by atoms with Crippen LogP contribution in [0.4, 0.5) is 15.3 Å². The van der Waals surface area contributed by atoms with E-state index < -0.39 is 11.3 Å². The highest BCUT2D eigenvalue weighted by Gasteiger charge is 2.32. The van der Waals surface area contributed by atoms with Gasteiger partial charge in [0.2, 0.25) is 5.91 Å². The molecule has 1 unspecified atom stereocenters. The number of rotatable bonds is 12. The van der Waals surface area contributed by atoms with Gasteiger partial charge in [0.25, 0.3) is 5.24 Å². The fourth-order valence-corrected chi connectivity index (χ4v) is 5.43. The number of carbonyl (C=O) groups excluding carboxylic acids is 4. The third-order valence-corrected chi connectivity index (χ3v) is 7.78. The van der Waals surface area contributed by atoms with Crippen LogP contribution in [0.5, 0.6) is 5.75 Å². The summed E-state index contributed by atoms with van der Waals surface area (Å²) in [6.07, 6.45) is 1.74. The summed E-state index contributed by atoms with van der Waals surface area (Å²) in [7, 11) is 1.60. The lowest BCUT2D eigenvalue weighted by Gasteiger charge is -2.17. The number of nitrogens with one attached hydrogen (secondary N) is 2. The van der Waals surface area contributed by atoms with Gasteiger partial charge in [0.1, 0.15) is 18.1 Å². The summed E-state index contributed by atoms with van der Waals surface area (Å²) in [4.78, 5) is 48.5. The highest BCUT2D eigenvalue weighted by Crippen LogP contribution is 2.30. The number of hydrogen-bond donors (Lipinski definition) is 2. The third kappa shape index (κ3) is 7.95. The highest BCUT2D eigenvalue weighted by molar-refractivity contribution is 8.15. The number of methoxy groups -OCH3 is 1. The molecular formula is C31H32N2O6S. The Morgan fingerprint density at radius 1 is 0.925 bits per heavy atom. The lowest BCUT2D eigenvalue weighted by molar-refractivity contribution is -0.119. The maximum absolute atomic E-state index is 12.8. The van der Waals surface area contributed by atoms with Crippen LogP contribution in [0.2, 0.25) is 0 Å². The average Bonchev–Trinajstić information content (AvgIpc) is 3.27. The van der Waals surface area contributed by atoms with Gasteiger partial charge in [0, 0.05) is 18.5 Å². The van der Waals surface area contributed by atoms with Gasteiger partial charge >= 0.3 is 6.09 Å². The fourth-order valence-electron chi connectivity index (χ4n) is 4.58. The molecule has 3 aromatic rings. The molecule has 1 fully saturated rings. The van der Waals surface area contributed by atoms with Gasteiger partial charge in [-0.25, -0.2) is 4.79 Å². The first-order valence-electron chi connectivity index (χ1n) is 13.1. The lowest BCUT2D eigenvalue weighted by atomic mass is 9.92. The van der Waals surface area contributed by atoms with Crippen molar-refractivity contribution < 1.29 is 28.7 Å². The quantitative estimate of drug-likeness (QED) is 0.289. The number of ether oxygens (including phenoxy) is 2. The number of carbonyl (C=O) groups is 4. The van der Waals surface area contributed by atoms with Gasteiger partial charge in [-0.1, -0.05) is 60.3 Å². The molecule has 4 rings (SSSR count). The second-order valence-corrected chi connectivity index (χ2v) is 10.7. The molecule has 0 spiro atoms. The molecule has 9 heteroatoms. The molecule has 1 heterocycles. The number of aryl methyl sites for hydroxylation is 1. The van der Waals surface area contributed by atoms with Crippen molar-refractivity contribution in [1.29, 1.82) is 0 Å². The van der Waals surface area contributed by atoms with E-state index in [1.807, 2.05) is 61.5 Å². The van der Waals surface area contributed by atoms with E-state index in [-0.39, 0.29) is 23.5 Å². The predicted octanol–water partition coefficient (Wildman–Crippen LogP) is 5.78. The van der Waals surface area contributed by atoms with Crippen molar-refractivity contribution in [3.63, 3.8) is 0 Å². The summed E-state index contributed by atoms with van der Waals surface area (Å²) >= 11 is 1.00. The number of Topliss-reactive ketones (excluding diaryl/α,β-unsaturated/α-hetero) is 1. The number of anilines is 1. The minimum Gasteiger partial charge on any atom is -0.496 e. The molecule has 1 atom stereocenters. The Balaban J connectivity index is 1.27. The molecule has 3 amide bonds. The molecule has 208 valence electrons. The molecular weight excluding hydrogens is 528 g/mol. The van der Waals surface area contributed by atoms with Gasteiger partial charge < -0.3 is 9.47 Å². The monoisotopic (exact) mass is 560 g/mol. The van der Waals surface area contributed by atoms with E-state index in [1.54, 1.807) is 19.2 Å². The van der Waals surface area contributed by atoms with Crippen LogP contribution >= 0.6 is 11.8 Å². The minimum absolute atomic E-state index is 0.128. The van der Waals surface area contributed by atoms with Crippen LogP contribution in [0.1, 0.15) is 40.7 Å². The number of amides is 3. The Morgan fingerprint density at radius 3 is 2.33 bits per heavy atom. The minimum atomic E-state index is -0.530. The molecule has 0 aromatic heterocycles. The summed E-state index contributed by atoms with van der Waals surface area (Å²) in [6, 6.07) is 20.6. The van der Waals surface area contributed by atoms with E-state index in [2.05, 4.69) is 10.6 Å². The topological polar surface area (TPSA) is 111 Å². The Kier molecular flexibility index (Phi) is 9.96. The van der Waals surface area contributed by atoms with Crippen LogP contribution in [0.15, 0.2) is 66.7 Å². The Bertz CT molecular complexity index is 1370. The van der Waals surface area contributed by atoms with Gasteiger partial charge in [-0.15, -0.1) is 0 Å². The summed E-state index contributed by atoms with van der Waals surface area (Å²) in [5, 5.41) is 4.24. The molecule has 40 heavy (non-hydrogen) atoms. The highest BCUT2D eigenvalue weighted by atomic mass is 32.2. The van der Waals surface area contributed by atoms with Crippen LogP contribution < -0.4 is 15.4 Å². The number of imide groups is 1. The van der Waals surface area contributed by atoms with Gasteiger partial charge in [0.05, 0.1) is 12.4 Å². The molecule has 0 saturated carbocycles. The Labute approximate surface area is 237 Å². The fraction of sp³-hybridized carbons (Fsp3) is 0.290. The molecule has 0 bridgehead atoms. The number of benzene rings is 3. The normalized spacial score (nSPS) is 14.5. The molecule has 2 N–H and O–H groups in total. The summed E-state index contributed by atoms with van der Waals surface area (Å²) in [6.45, 7) is 2.14. The zero-order valence-electron chi connectivity index (χ0n) is 22.5. The van der Waals surface area contributed by atoms with E-state index in [1.165, 1.54) is 0 Å². The maximum atomic E-state index is 12.8. The van der Waals surface area contributed by atoms with Crippen molar-refractivity contribution in [3.05, 3.63) is 94.5 Å². The maximum Gasteiger partial charge on any atom is 0.411 e. The van der Waals surface area contributed by atoms with Gasteiger partial charge in [-0.3, -0.25) is 25.0 Å². The van der Waals surface area contributed by atoms with E-state index >= 15 is 0 Å². The van der Waals surface area contributed by atoms with Gasteiger partial charge in [0.15, 0.2) is 0 Å². The van der Waals surface area contributed by atoms with Crippen molar-refractivity contribution in [2.24, 2.45) is 0 Å². The molecule has 1 aliphatic rings. The molecule has 0 aliphatic carbocycles. The predicted molar refractivity (Wildman–Crippen MR) is 155 cm³/mol. The van der Waals surface area contributed by atoms with Crippen LogP contribution in [0.3, 0.4) is 0 Å². The van der Waals surface area contributed by atoms with E-state index in [9.17, 15) is 19.2 Å². The lowest BCUT2D eigenvalue weighted by Crippen LogP contribution is -2.25. The van der Waals surface area contributed by atoms with Gasteiger partial charge in [-0.05, 0) is 72.2 Å². The number of thioether (sulfide) groups is 1. The summed E-state index contributed by atoms with van der Waals surface area (Å²) in [5.41, 5.74) is 5.38. The second-order valence-electron chi connectivity index (χ2n) is 9.54. The number of ketones is 1. The van der Waals surface area contributed by atoms with Crippen LogP contribution in [-0.4, -0.2) is 35.4 Å². The second kappa shape index (κ2) is 13.8. The largest absolute Gasteiger partial charge is 0.496 e. The number of hydrogen-bond acceptors (Lipinski definition) is 7. The molecule has 3 aromatic carbocycles. The van der Waals surface area contributed by atoms with Gasteiger partial charge in [-0.2, -0.15) is 0 Å². The Hall–Kier alpha value is -4.11. The smallest absolute Gasteiger partial charge is 0.411 e. The SMILES string of the molecule is COc1ccc(CC2SC(=O)NC2=O)c(CCC(=O)CCc2ccc(NC(=O)OCc3ccccc3)cc2)c1C. The first kappa shape index (κ1) is 28.9. The zero-order valence-corrected chi connectivity index (χ0v) is 23.3. The van der Waals surface area contributed by atoms with Crippen molar-refractivity contribution >= 4 is 40.5 Å². The standard InChI is InChI=1S/C31H32N2O6S/c1-20-26(23(11-17-27(20)38-2)18-28-29(35)33-31(37)40-28)16-15-25(34)14-10-21-8-12-24(13-9-21)32-30(36)39-19-22-6-4-3-5-7-22/h3-9,11-13,17,28H,10,14-16,18-19H2,1-2H3,(H,32,36)(H,33,35,37). The van der Waals surface area contributed by atoms with Crippen LogP contribution in [-0.2, 0) is 40.2 Å². The van der Waals surface area contributed by atoms with Crippen molar-refractivity contribution in [2.75, 3.05) is 12.4 Å². The van der Waals surface area contributed by atoms with Crippen LogP contribution in [0.25, 0.3) is 0 Å². The average molecular weight is 561 g/mol. The van der Waals surface area contributed by atoms with Crippen molar-refractivity contribution in [3.8, 4) is 5.75 Å². The summed E-state index contributed by atoms with van der Waals surface area (Å²) < 4.78 is 10.7. The zero-order chi connectivity index (χ0) is 28.5.